The van der Waals surface area contributed by atoms with Gasteiger partial charge in [-0.25, -0.2) is 0 Å². The molecule has 18 heavy (non-hydrogen) atoms. The number of nitrogens with zero attached hydrogens (tertiary/aromatic N) is 1. The van der Waals surface area contributed by atoms with Gasteiger partial charge in [0.05, 0.1) is 6.10 Å². The zero-order valence-corrected chi connectivity index (χ0v) is 12.2. The lowest BCUT2D eigenvalue weighted by Gasteiger charge is -2.20. The fourth-order valence-electron chi connectivity index (χ4n) is 3.08. The van der Waals surface area contributed by atoms with E-state index in [1.165, 1.54) is 42.4 Å². The van der Waals surface area contributed by atoms with Crippen LogP contribution in [0.5, 0.6) is 0 Å². The average molecular weight is 310 g/mol. The lowest BCUT2D eigenvalue weighted by Crippen LogP contribution is -2.30. The molecule has 2 atom stereocenters. The van der Waals surface area contributed by atoms with E-state index in [1.54, 1.807) is 0 Å². The largest absolute Gasteiger partial charge is 0.377 e. The summed E-state index contributed by atoms with van der Waals surface area (Å²) in [5.41, 5.74) is 1.48. The molecule has 0 aromatic heterocycles. The molecule has 0 saturated carbocycles. The number of rotatable bonds is 3. The van der Waals surface area contributed by atoms with Crippen molar-refractivity contribution in [3.8, 4) is 0 Å². The summed E-state index contributed by atoms with van der Waals surface area (Å²) in [4.78, 5) is 2.57. The minimum Gasteiger partial charge on any atom is -0.377 e. The third-order valence-electron chi connectivity index (χ3n) is 4.10. The summed E-state index contributed by atoms with van der Waals surface area (Å²) >= 11 is 3.50. The quantitative estimate of drug-likeness (QED) is 0.848. The molecule has 3 heteroatoms. The Morgan fingerprint density at radius 3 is 2.78 bits per heavy atom. The Hall–Kier alpha value is -0.380. The van der Waals surface area contributed by atoms with Crippen LogP contribution in [0.4, 0.5) is 0 Å². The Morgan fingerprint density at radius 1 is 1.22 bits per heavy atom. The van der Waals surface area contributed by atoms with Crippen LogP contribution in [-0.4, -0.2) is 37.2 Å². The molecule has 0 amide bonds. The van der Waals surface area contributed by atoms with Crippen molar-refractivity contribution in [3.05, 3.63) is 34.3 Å². The van der Waals surface area contributed by atoms with Crippen molar-refractivity contribution < 1.29 is 4.74 Å². The highest BCUT2D eigenvalue weighted by atomic mass is 79.9. The SMILES string of the molecule is Brc1ccc(C2CCN(CC3CCCO3)C2)cc1. The second-order valence-corrected chi connectivity index (χ2v) is 6.35. The molecule has 1 aromatic rings. The molecule has 98 valence electrons. The first-order valence-electron chi connectivity index (χ1n) is 6.91. The van der Waals surface area contributed by atoms with Crippen molar-refractivity contribution >= 4 is 15.9 Å². The van der Waals surface area contributed by atoms with Gasteiger partial charge in [-0.1, -0.05) is 28.1 Å². The Bertz CT molecular complexity index is 386. The Labute approximate surface area is 117 Å². The molecular weight excluding hydrogens is 290 g/mol. The maximum Gasteiger partial charge on any atom is 0.0702 e. The van der Waals surface area contributed by atoms with Crippen LogP contribution >= 0.6 is 15.9 Å². The van der Waals surface area contributed by atoms with Gasteiger partial charge in [0.1, 0.15) is 0 Å². The van der Waals surface area contributed by atoms with Crippen LogP contribution in [0.2, 0.25) is 0 Å². The zero-order valence-electron chi connectivity index (χ0n) is 10.6. The first-order chi connectivity index (χ1) is 8.81. The van der Waals surface area contributed by atoms with Gasteiger partial charge >= 0.3 is 0 Å². The summed E-state index contributed by atoms with van der Waals surface area (Å²) < 4.78 is 6.89. The van der Waals surface area contributed by atoms with Crippen LogP contribution in [-0.2, 0) is 4.74 Å². The van der Waals surface area contributed by atoms with E-state index in [2.05, 4.69) is 45.1 Å². The van der Waals surface area contributed by atoms with Gasteiger partial charge in [0.2, 0.25) is 0 Å². The highest BCUT2D eigenvalue weighted by molar-refractivity contribution is 9.10. The van der Waals surface area contributed by atoms with Crippen molar-refractivity contribution in [2.75, 3.05) is 26.2 Å². The Morgan fingerprint density at radius 2 is 2.06 bits per heavy atom. The smallest absolute Gasteiger partial charge is 0.0702 e. The number of halogens is 1. The monoisotopic (exact) mass is 309 g/mol. The van der Waals surface area contributed by atoms with Gasteiger partial charge in [-0.15, -0.1) is 0 Å². The van der Waals surface area contributed by atoms with Gasteiger partial charge in [-0.05, 0) is 49.4 Å². The summed E-state index contributed by atoms with van der Waals surface area (Å²) in [7, 11) is 0. The second kappa shape index (κ2) is 5.72. The molecule has 0 radical (unpaired) electrons. The highest BCUT2D eigenvalue weighted by Crippen LogP contribution is 2.29. The van der Waals surface area contributed by atoms with Gasteiger partial charge in [-0.3, -0.25) is 0 Å². The van der Waals surface area contributed by atoms with E-state index in [0.29, 0.717) is 12.0 Å². The van der Waals surface area contributed by atoms with Gasteiger partial charge in [0.25, 0.3) is 0 Å². The maximum absolute atomic E-state index is 5.72. The van der Waals surface area contributed by atoms with Gasteiger partial charge in [0.15, 0.2) is 0 Å². The second-order valence-electron chi connectivity index (χ2n) is 5.43. The third kappa shape index (κ3) is 2.95. The van der Waals surface area contributed by atoms with Crippen LogP contribution in [0.25, 0.3) is 0 Å². The van der Waals surface area contributed by atoms with E-state index < -0.39 is 0 Å². The number of likely N-dealkylation sites (tertiary alicyclic amines) is 1. The standard InChI is InChI=1S/C15H20BrNO/c16-14-5-3-12(4-6-14)13-7-8-17(10-13)11-15-2-1-9-18-15/h3-6,13,15H,1-2,7-11H2. The molecule has 2 saturated heterocycles. The van der Waals surface area contributed by atoms with E-state index in [4.69, 9.17) is 4.74 Å². The molecule has 0 aliphatic carbocycles. The first kappa shape index (κ1) is 12.6. The van der Waals surface area contributed by atoms with Crippen molar-refractivity contribution in [2.24, 2.45) is 0 Å². The molecule has 2 fully saturated rings. The number of ether oxygens (including phenoxy) is 1. The van der Waals surface area contributed by atoms with Gasteiger partial charge < -0.3 is 9.64 Å². The topological polar surface area (TPSA) is 12.5 Å². The van der Waals surface area contributed by atoms with Gasteiger partial charge in [0, 0.05) is 24.2 Å². The molecule has 0 N–H and O–H groups in total. The van der Waals surface area contributed by atoms with Crippen molar-refractivity contribution in [1.82, 2.24) is 4.90 Å². The first-order valence-corrected chi connectivity index (χ1v) is 7.70. The van der Waals surface area contributed by atoms with Crippen LogP contribution in [0.15, 0.2) is 28.7 Å². The van der Waals surface area contributed by atoms with Crippen molar-refractivity contribution in [2.45, 2.75) is 31.3 Å². The molecule has 1 aromatic carbocycles. The van der Waals surface area contributed by atoms with E-state index in [9.17, 15) is 0 Å². The maximum atomic E-state index is 5.72. The minimum absolute atomic E-state index is 0.494. The van der Waals surface area contributed by atoms with Crippen molar-refractivity contribution in [3.63, 3.8) is 0 Å². The molecule has 2 heterocycles. The summed E-state index contributed by atoms with van der Waals surface area (Å²) in [6.45, 7) is 4.52. The predicted molar refractivity (Wildman–Crippen MR) is 76.9 cm³/mol. The van der Waals surface area contributed by atoms with E-state index in [1.807, 2.05) is 0 Å². The lowest BCUT2D eigenvalue weighted by molar-refractivity contribution is 0.0803. The van der Waals surface area contributed by atoms with E-state index in [0.717, 1.165) is 13.2 Å². The van der Waals surface area contributed by atoms with Crippen LogP contribution < -0.4 is 0 Å². The molecule has 2 aliphatic heterocycles. The molecule has 0 spiro atoms. The van der Waals surface area contributed by atoms with E-state index >= 15 is 0 Å². The Kier molecular flexibility index (Phi) is 4.02. The summed E-state index contributed by atoms with van der Waals surface area (Å²) in [5.74, 6) is 0.708. The fourth-order valence-corrected chi connectivity index (χ4v) is 3.35. The zero-order chi connectivity index (χ0) is 12.4. The summed E-state index contributed by atoms with van der Waals surface area (Å²) in [6, 6.07) is 8.81. The minimum atomic E-state index is 0.494. The molecule has 3 rings (SSSR count). The van der Waals surface area contributed by atoms with Crippen LogP contribution in [0, 0.1) is 0 Å². The molecule has 2 unspecified atom stereocenters. The third-order valence-corrected chi connectivity index (χ3v) is 4.63. The average Bonchev–Trinajstić information content (AvgIpc) is 3.02. The number of benzene rings is 1. The highest BCUT2D eigenvalue weighted by Gasteiger charge is 2.27. The van der Waals surface area contributed by atoms with Gasteiger partial charge in [-0.2, -0.15) is 0 Å². The fraction of sp³-hybridized carbons (Fsp3) is 0.600. The van der Waals surface area contributed by atoms with E-state index in [-0.39, 0.29) is 0 Å². The lowest BCUT2D eigenvalue weighted by atomic mass is 9.99. The van der Waals surface area contributed by atoms with Crippen molar-refractivity contribution in [1.29, 1.82) is 0 Å². The summed E-state index contributed by atoms with van der Waals surface area (Å²) in [5, 5.41) is 0. The molecule has 0 bridgehead atoms. The summed E-state index contributed by atoms with van der Waals surface area (Å²) in [6.07, 6.45) is 4.27. The molecule has 2 aliphatic rings. The molecule has 2 nitrogen and oxygen atoms in total. The van der Waals surface area contributed by atoms with Crippen LogP contribution in [0.1, 0.15) is 30.7 Å². The normalized spacial score (nSPS) is 28.9. The number of hydrogen-bond acceptors (Lipinski definition) is 2. The van der Waals surface area contributed by atoms with Crippen LogP contribution in [0.3, 0.4) is 0 Å². The Balaban J connectivity index is 1.55. The number of hydrogen-bond donors (Lipinski definition) is 0. The molecular formula is C15H20BrNO. The predicted octanol–water partition coefficient (Wildman–Crippen LogP) is 3.42.